The highest BCUT2D eigenvalue weighted by molar-refractivity contribution is 7.91. The number of hydrogen-bond donors (Lipinski definition) is 1. The van der Waals surface area contributed by atoms with Crippen LogP contribution in [0, 0.1) is 11.3 Å². The second-order valence-electron chi connectivity index (χ2n) is 5.86. The number of carboxylic acids is 1. The van der Waals surface area contributed by atoms with Gasteiger partial charge in [0.05, 0.1) is 16.9 Å². The summed E-state index contributed by atoms with van der Waals surface area (Å²) in [6.45, 7) is 4.69. The molecule has 1 aromatic rings. The van der Waals surface area contributed by atoms with Gasteiger partial charge in [-0.15, -0.1) is 0 Å². The lowest BCUT2D eigenvalue weighted by atomic mass is 9.84. The highest BCUT2D eigenvalue weighted by atomic mass is 32.2. The third-order valence-corrected chi connectivity index (χ3v) is 5.39. The standard InChI is InChI=1S/C12H19N3O4S/c1-9(2)6-15-10(13-8-14-15)5-12(11(16)17)3-4-20(18,19)7-12/h8-9H,3-7H2,1-2H3,(H,16,17). The van der Waals surface area contributed by atoms with E-state index in [0.29, 0.717) is 18.3 Å². The number of carboxylic acid groups (broad SMARTS) is 1. The Morgan fingerprint density at radius 1 is 1.55 bits per heavy atom. The van der Waals surface area contributed by atoms with Gasteiger partial charge in [0.1, 0.15) is 12.2 Å². The molecule has 1 fully saturated rings. The third-order valence-electron chi connectivity index (χ3n) is 3.57. The summed E-state index contributed by atoms with van der Waals surface area (Å²) in [7, 11) is -3.28. The Morgan fingerprint density at radius 2 is 2.25 bits per heavy atom. The number of carbonyl (C=O) groups is 1. The molecule has 0 aliphatic carbocycles. The minimum absolute atomic E-state index is 0.0718. The Bertz CT molecular complexity index is 608. The summed E-state index contributed by atoms with van der Waals surface area (Å²) in [4.78, 5) is 15.7. The fourth-order valence-corrected chi connectivity index (χ4v) is 4.58. The number of aliphatic carboxylic acids is 1. The van der Waals surface area contributed by atoms with Crippen LogP contribution >= 0.6 is 0 Å². The Labute approximate surface area is 117 Å². The van der Waals surface area contributed by atoms with Gasteiger partial charge < -0.3 is 5.11 Å². The van der Waals surface area contributed by atoms with Gasteiger partial charge in [-0.25, -0.2) is 18.1 Å². The monoisotopic (exact) mass is 301 g/mol. The van der Waals surface area contributed by atoms with Crippen LogP contribution in [0.5, 0.6) is 0 Å². The molecule has 20 heavy (non-hydrogen) atoms. The van der Waals surface area contributed by atoms with Gasteiger partial charge in [-0.1, -0.05) is 13.8 Å². The number of sulfone groups is 1. The van der Waals surface area contributed by atoms with E-state index >= 15 is 0 Å². The minimum Gasteiger partial charge on any atom is -0.481 e. The van der Waals surface area contributed by atoms with E-state index in [1.54, 1.807) is 4.68 Å². The summed E-state index contributed by atoms with van der Waals surface area (Å²) in [5.41, 5.74) is -1.26. The SMILES string of the molecule is CC(C)Cn1ncnc1CC1(C(=O)O)CCS(=O)(=O)C1. The van der Waals surface area contributed by atoms with Gasteiger partial charge in [-0.3, -0.25) is 4.79 Å². The Kier molecular flexibility index (Phi) is 3.86. The lowest BCUT2D eigenvalue weighted by Crippen LogP contribution is -2.35. The van der Waals surface area contributed by atoms with E-state index in [1.165, 1.54) is 6.33 Å². The zero-order valence-electron chi connectivity index (χ0n) is 11.6. The number of nitrogens with zero attached hydrogens (tertiary/aromatic N) is 3. The summed E-state index contributed by atoms with van der Waals surface area (Å²) in [5, 5.41) is 13.5. The van der Waals surface area contributed by atoms with Crippen molar-refractivity contribution in [3.05, 3.63) is 12.2 Å². The molecule has 1 unspecified atom stereocenters. The Hall–Kier alpha value is -1.44. The van der Waals surface area contributed by atoms with Gasteiger partial charge in [0.25, 0.3) is 0 Å². The molecule has 0 spiro atoms. The van der Waals surface area contributed by atoms with Crippen LogP contribution in [0.4, 0.5) is 0 Å². The molecule has 1 N–H and O–H groups in total. The molecule has 8 heteroatoms. The molecule has 112 valence electrons. The molecule has 0 bridgehead atoms. The molecule has 2 rings (SSSR count). The van der Waals surface area contributed by atoms with Crippen molar-refractivity contribution in [2.75, 3.05) is 11.5 Å². The van der Waals surface area contributed by atoms with Crippen molar-refractivity contribution in [1.29, 1.82) is 0 Å². The normalized spacial score (nSPS) is 25.1. The first-order valence-electron chi connectivity index (χ1n) is 6.55. The van der Waals surface area contributed by atoms with Crippen LogP contribution in [0.1, 0.15) is 26.1 Å². The van der Waals surface area contributed by atoms with Crippen molar-refractivity contribution >= 4 is 15.8 Å². The van der Waals surface area contributed by atoms with E-state index in [2.05, 4.69) is 10.1 Å². The maximum atomic E-state index is 11.6. The smallest absolute Gasteiger partial charge is 0.311 e. The van der Waals surface area contributed by atoms with Crippen molar-refractivity contribution < 1.29 is 18.3 Å². The zero-order chi connectivity index (χ0) is 15.0. The summed E-state index contributed by atoms with van der Waals surface area (Å²) < 4.78 is 24.9. The van der Waals surface area contributed by atoms with E-state index in [0.717, 1.165) is 0 Å². The fourth-order valence-electron chi connectivity index (χ4n) is 2.53. The largest absolute Gasteiger partial charge is 0.481 e. The zero-order valence-corrected chi connectivity index (χ0v) is 12.4. The predicted molar refractivity (Wildman–Crippen MR) is 71.9 cm³/mol. The maximum absolute atomic E-state index is 11.6. The van der Waals surface area contributed by atoms with Crippen LogP contribution in [0.25, 0.3) is 0 Å². The van der Waals surface area contributed by atoms with E-state index in [-0.39, 0.29) is 24.3 Å². The number of hydrogen-bond acceptors (Lipinski definition) is 5. The summed E-state index contributed by atoms with van der Waals surface area (Å²) in [6.07, 6.45) is 1.63. The van der Waals surface area contributed by atoms with E-state index in [9.17, 15) is 18.3 Å². The molecule has 0 saturated carbocycles. The second-order valence-corrected chi connectivity index (χ2v) is 8.04. The summed E-state index contributed by atoms with van der Waals surface area (Å²) >= 11 is 0. The van der Waals surface area contributed by atoms with Crippen LogP contribution < -0.4 is 0 Å². The van der Waals surface area contributed by atoms with Crippen molar-refractivity contribution in [1.82, 2.24) is 14.8 Å². The van der Waals surface area contributed by atoms with Crippen molar-refractivity contribution in [3.8, 4) is 0 Å². The number of aromatic nitrogens is 3. The molecule has 0 radical (unpaired) electrons. The minimum atomic E-state index is -3.28. The Balaban J connectivity index is 2.27. The lowest BCUT2D eigenvalue weighted by Gasteiger charge is -2.22. The van der Waals surface area contributed by atoms with Crippen molar-refractivity contribution in [2.45, 2.75) is 33.2 Å². The maximum Gasteiger partial charge on any atom is 0.311 e. The molecular weight excluding hydrogens is 282 g/mol. The molecule has 0 amide bonds. The van der Waals surface area contributed by atoms with Crippen molar-refractivity contribution in [2.24, 2.45) is 11.3 Å². The van der Waals surface area contributed by atoms with Crippen LogP contribution in [0.3, 0.4) is 0 Å². The quantitative estimate of drug-likeness (QED) is 0.842. The van der Waals surface area contributed by atoms with Crippen LogP contribution in [0.2, 0.25) is 0 Å². The molecule has 0 aromatic carbocycles. The first kappa shape index (κ1) is 15.0. The first-order valence-corrected chi connectivity index (χ1v) is 8.37. The van der Waals surface area contributed by atoms with Gasteiger partial charge in [-0.2, -0.15) is 5.10 Å². The van der Waals surface area contributed by atoms with Gasteiger partial charge in [0.15, 0.2) is 9.84 Å². The van der Waals surface area contributed by atoms with E-state index < -0.39 is 21.2 Å². The van der Waals surface area contributed by atoms with E-state index in [1.807, 2.05) is 13.8 Å². The van der Waals surface area contributed by atoms with Gasteiger partial charge in [0, 0.05) is 13.0 Å². The molecule has 1 saturated heterocycles. The van der Waals surface area contributed by atoms with Gasteiger partial charge >= 0.3 is 5.97 Å². The summed E-state index contributed by atoms with van der Waals surface area (Å²) in [6, 6.07) is 0. The lowest BCUT2D eigenvalue weighted by molar-refractivity contribution is -0.147. The number of rotatable bonds is 5. The first-order chi connectivity index (χ1) is 9.24. The van der Waals surface area contributed by atoms with Gasteiger partial charge in [0.2, 0.25) is 0 Å². The van der Waals surface area contributed by atoms with Gasteiger partial charge in [-0.05, 0) is 12.3 Å². The van der Waals surface area contributed by atoms with E-state index in [4.69, 9.17) is 0 Å². The van der Waals surface area contributed by atoms with Crippen LogP contribution in [-0.2, 0) is 27.6 Å². The fraction of sp³-hybridized carbons (Fsp3) is 0.750. The highest BCUT2D eigenvalue weighted by Crippen LogP contribution is 2.35. The Morgan fingerprint density at radius 3 is 2.75 bits per heavy atom. The van der Waals surface area contributed by atoms with Crippen LogP contribution in [0.15, 0.2) is 6.33 Å². The predicted octanol–water partition coefficient (Wildman–Crippen LogP) is 0.366. The molecule has 1 aliphatic rings. The van der Waals surface area contributed by atoms with Crippen molar-refractivity contribution in [3.63, 3.8) is 0 Å². The molecule has 1 atom stereocenters. The highest BCUT2D eigenvalue weighted by Gasteiger charge is 2.49. The molecule has 2 heterocycles. The molecular formula is C12H19N3O4S. The molecule has 1 aliphatic heterocycles. The topological polar surface area (TPSA) is 102 Å². The second kappa shape index (κ2) is 5.16. The van der Waals surface area contributed by atoms with Crippen LogP contribution in [-0.4, -0.2) is 45.8 Å². The third kappa shape index (κ3) is 3.00. The molecule has 1 aromatic heterocycles. The average Bonchev–Trinajstić information content (AvgIpc) is 2.84. The average molecular weight is 301 g/mol. The molecule has 7 nitrogen and oxygen atoms in total. The summed E-state index contributed by atoms with van der Waals surface area (Å²) in [5.74, 6) is -0.569.